The molecule has 0 aliphatic carbocycles. The van der Waals surface area contributed by atoms with Crippen LogP contribution in [-0.4, -0.2) is 20.3 Å². The van der Waals surface area contributed by atoms with Crippen molar-refractivity contribution in [3.05, 3.63) is 36.4 Å². The topological polar surface area (TPSA) is 66.4 Å². The summed E-state index contributed by atoms with van der Waals surface area (Å²) in [6, 6.07) is 6.18. The molecule has 0 heterocycles. The Morgan fingerprint density at radius 1 is 1.36 bits per heavy atom. The summed E-state index contributed by atoms with van der Waals surface area (Å²) in [6.07, 6.45) is 1.62. The third-order valence-electron chi connectivity index (χ3n) is 1.68. The van der Waals surface area contributed by atoms with E-state index in [9.17, 15) is 8.42 Å². The van der Waals surface area contributed by atoms with Crippen molar-refractivity contribution >= 4 is 16.1 Å². The lowest BCUT2D eigenvalue weighted by atomic mass is 10.2. The quantitative estimate of drug-likeness (QED) is 0.718. The molecule has 0 amide bonds. The molecule has 0 bridgehead atoms. The van der Waals surface area contributed by atoms with Crippen LogP contribution in [0.15, 0.2) is 35.7 Å². The highest BCUT2D eigenvalue weighted by Gasteiger charge is 2.11. The van der Waals surface area contributed by atoms with Gasteiger partial charge in [0.2, 0.25) is 10.0 Å². The first-order valence-corrected chi connectivity index (χ1v) is 5.41. The van der Waals surface area contributed by atoms with E-state index in [1.807, 2.05) is 4.72 Å². The van der Waals surface area contributed by atoms with Gasteiger partial charge in [-0.25, -0.2) is 8.42 Å². The molecule has 0 aliphatic rings. The molecule has 4 nitrogen and oxygen atoms in total. The highest BCUT2D eigenvalue weighted by Crippen LogP contribution is 2.10. The summed E-state index contributed by atoms with van der Waals surface area (Å²) >= 11 is 0. The van der Waals surface area contributed by atoms with Crippen LogP contribution in [0.25, 0.3) is 6.08 Å². The number of hydrogen-bond acceptors (Lipinski definition) is 3. The van der Waals surface area contributed by atoms with Crippen molar-refractivity contribution in [3.8, 4) is 0 Å². The van der Waals surface area contributed by atoms with Crippen molar-refractivity contribution in [2.45, 2.75) is 4.90 Å². The van der Waals surface area contributed by atoms with Crippen molar-refractivity contribution in [2.75, 3.05) is 6.73 Å². The van der Waals surface area contributed by atoms with Gasteiger partial charge in [0.15, 0.2) is 0 Å². The molecule has 2 N–H and O–H groups in total. The highest BCUT2D eigenvalue weighted by molar-refractivity contribution is 7.89. The predicted octanol–water partition coefficient (Wildman–Crippen LogP) is 0.558. The minimum Gasteiger partial charge on any atom is -0.380 e. The van der Waals surface area contributed by atoms with Gasteiger partial charge in [-0.3, -0.25) is 0 Å². The van der Waals surface area contributed by atoms with E-state index in [2.05, 4.69) is 6.58 Å². The van der Waals surface area contributed by atoms with E-state index in [1.165, 1.54) is 12.1 Å². The molecular weight excluding hydrogens is 202 g/mol. The molecule has 0 aromatic heterocycles. The molecule has 76 valence electrons. The molecule has 1 aromatic carbocycles. The second-order valence-electron chi connectivity index (χ2n) is 2.58. The second kappa shape index (κ2) is 4.36. The Morgan fingerprint density at radius 3 is 2.36 bits per heavy atom. The average molecular weight is 213 g/mol. The van der Waals surface area contributed by atoms with Crippen molar-refractivity contribution < 1.29 is 13.5 Å². The van der Waals surface area contributed by atoms with Crippen LogP contribution in [0.2, 0.25) is 0 Å². The average Bonchev–Trinajstić information content (AvgIpc) is 2.18. The van der Waals surface area contributed by atoms with E-state index in [-0.39, 0.29) is 4.90 Å². The first-order chi connectivity index (χ1) is 6.60. The van der Waals surface area contributed by atoms with E-state index in [1.54, 1.807) is 18.2 Å². The highest BCUT2D eigenvalue weighted by atomic mass is 32.2. The zero-order chi connectivity index (χ0) is 10.6. The Morgan fingerprint density at radius 2 is 1.93 bits per heavy atom. The van der Waals surface area contributed by atoms with Crippen molar-refractivity contribution in [3.63, 3.8) is 0 Å². The lowest BCUT2D eigenvalue weighted by molar-refractivity contribution is 0.288. The van der Waals surface area contributed by atoms with Crippen molar-refractivity contribution in [1.29, 1.82) is 0 Å². The molecule has 0 atom stereocenters. The van der Waals surface area contributed by atoms with Gasteiger partial charge in [0, 0.05) is 0 Å². The molecule has 0 fully saturated rings. The standard InChI is InChI=1S/C9H11NO3S/c1-2-8-3-5-9(6-4-8)14(12,13)10-7-11/h2-6,10-11H,1,7H2. The largest absolute Gasteiger partial charge is 0.380 e. The Labute approximate surface area is 82.9 Å². The number of benzene rings is 1. The van der Waals surface area contributed by atoms with E-state index in [0.717, 1.165) is 5.56 Å². The number of aliphatic hydroxyl groups excluding tert-OH is 1. The van der Waals surface area contributed by atoms with Crippen LogP contribution >= 0.6 is 0 Å². The first kappa shape index (κ1) is 10.9. The zero-order valence-corrected chi connectivity index (χ0v) is 8.29. The van der Waals surface area contributed by atoms with Gasteiger partial charge in [-0.15, -0.1) is 0 Å². The molecule has 0 spiro atoms. The Hall–Kier alpha value is -1.17. The van der Waals surface area contributed by atoms with Crippen LogP contribution in [0.3, 0.4) is 0 Å². The molecule has 0 saturated carbocycles. The minimum atomic E-state index is -3.57. The number of nitrogens with one attached hydrogen (secondary N) is 1. The van der Waals surface area contributed by atoms with Crippen molar-refractivity contribution in [2.24, 2.45) is 0 Å². The van der Waals surface area contributed by atoms with Crippen LogP contribution in [0.4, 0.5) is 0 Å². The lowest BCUT2D eigenvalue weighted by Crippen LogP contribution is -2.24. The summed E-state index contributed by atoms with van der Waals surface area (Å²) in [6.45, 7) is 2.95. The van der Waals surface area contributed by atoms with Gasteiger partial charge in [0.05, 0.1) is 4.90 Å². The molecule has 0 saturated heterocycles. The van der Waals surface area contributed by atoms with Gasteiger partial charge in [-0.05, 0) is 17.7 Å². The maximum atomic E-state index is 11.3. The Kier molecular flexibility index (Phi) is 3.40. The van der Waals surface area contributed by atoms with E-state index in [0.29, 0.717) is 0 Å². The van der Waals surface area contributed by atoms with Gasteiger partial charge < -0.3 is 5.11 Å². The summed E-state index contributed by atoms with van der Waals surface area (Å²) < 4.78 is 24.6. The van der Waals surface area contributed by atoms with E-state index >= 15 is 0 Å². The van der Waals surface area contributed by atoms with Gasteiger partial charge in [-0.2, -0.15) is 4.72 Å². The third-order valence-corrected chi connectivity index (χ3v) is 3.08. The van der Waals surface area contributed by atoms with E-state index in [4.69, 9.17) is 5.11 Å². The van der Waals surface area contributed by atoms with Crippen LogP contribution in [-0.2, 0) is 10.0 Å². The fourth-order valence-corrected chi connectivity index (χ4v) is 1.78. The van der Waals surface area contributed by atoms with Crippen LogP contribution < -0.4 is 4.72 Å². The fourth-order valence-electron chi connectivity index (χ4n) is 0.951. The van der Waals surface area contributed by atoms with Crippen LogP contribution in [0, 0.1) is 0 Å². The summed E-state index contributed by atoms with van der Waals surface area (Å²) in [5.74, 6) is 0. The molecule has 5 heteroatoms. The molecule has 1 rings (SSSR count). The molecular formula is C9H11NO3S. The summed E-state index contributed by atoms with van der Waals surface area (Å²) in [5, 5.41) is 8.46. The SMILES string of the molecule is C=Cc1ccc(S(=O)(=O)NCO)cc1. The second-order valence-corrected chi connectivity index (χ2v) is 4.35. The fraction of sp³-hybridized carbons (Fsp3) is 0.111. The summed E-state index contributed by atoms with van der Waals surface area (Å²) in [7, 11) is -3.57. The van der Waals surface area contributed by atoms with Crippen LogP contribution in [0.1, 0.15) is 5.56 Å². The van der Waals surface area contributed by atoms with Crippen molar-refractivity contribution in [1.82, 2.24) is 4.72 Å². The molecule has 0 aliphatic heterocycles. The smallest absolute Gasteiger partial charge is 0.242 e. The van der Waals surface area contributed by atoms with Crippen LogP contribution in [0.5, 0.6) is 0 Å². The molecule has 0 radical (unpaired) electrons. The summed E-state index contributed by atoms with van der Waals surface area (Å²) in [5.41, 5.74) is 0.841. The van der Waals surface area contributed by atoms with Gasteiger partial charge in [0.25, 0.3) is 0 Å². The molecule has 1 aromatic rings. The summed E-state index contributed by atoms with van der Waals surface area (Å²) in [4.78, 5) is 0.122. The third kappa shape index (κ3) is 2.41. The normalized spacial score (nSPS) is 11.2. The number of rotatable bonds is 4. The molecule has 14 heavy (non-hydrogen) atoms. The maximum Gasteiger partial charge on any atom is 0.242 e. The van der Waals surface area contributed by atoms with Gasteiger partial charge >= 0.3 is 0 Å². The Balaban J connectivity index is 3.03. The molecule has 0 unspecified atom stereocenters. The number of sulfonamides is 1. The Bertz CT molecular complexity index is 408. The van der Waals surface area contributed by atoms with Gasteiger partial charge in [-0.1, -0.05) is 24.8 Å². The number of aliphatic hydroxyl groups is 1. The minimum absolute atomic E-state index is 0.122. The first-order valence-electron chi connectivity index (χ1n) is 3.93. The zero-order valence-electron chi connectivity index (χ0n) is 7.47. The number of hydrogen-bond donors (Lipinski definition) is 2. The monoisotopic (exact) mass is 213 g/mol. The van der Waals surface area contributed by atoms with E-state index < -0.39 is 16.8 Å². The van der Waals surface area contributed by atoms with Gasteiger partial charge in [0.1, 0.15) is 6.73 Å². The lowest BCUT2D eigenvalue weighted by Gasteiger charge is -2.03. The maximum absolute atomic E-state index is 11.3. The predicted molar refractivity (Wildman–Crippen MR) is 53.9 cm³/mol.